The van der Waals surface area contributed by atoms with Crippen LogP contribution in [0.5, 0.6) is 0 Å². The quantitative estimate of drug-likeness (QED) is 0.621. The number of nitrogens with one attached hydrogen (secondary N) is 1. The van der Waals surface area contributed by atoms with E-state index in [-0.39, 0.29) is 0 Å². The molecule has 1 fully saturated rings. The minimum absolute atomic E-state index is 0.498. The van der Waals surface area contributed by atoms with Gasteiger partial charge in [-0.3, -0.25) is 0 Å². The van der Waals surface area contributed by atoms with Crippen LogP contribution in [0.1, 0.15) is 51.5 Å². The van der Waals surface area contributed by atoms with E-state index in [4.69, 9.17) is 4.98 Å². The van der Waals surface area contributed by atoms with Crippen LogP contribution >= 0.6 is 0 Å². The van der Waals surface area contributed by atoms with E-state index < -0.39 is 0 Å². The van der Waals surface area contributed by atoms with Crippen LogP contribution < -0.4 is 15.2 Å². The van der Waals surface area contributed by atoms with Crippen molar-refractivity contribution < 1.29 is 0 Å². The third-order valence-corrected chi connectivity index (χ3v) is 5.99. The van der Waals surface area contributed by atoms with E-state index in [0.717, 1.165) is 35.7 Å². The fourth-order valence-electron chi connectivity index (χ4n) is 4.41. The molecule has 0 radical (unpaired) electrons. The van der Waals surface area contributed by atoms with Gasteiger partial charge in [0, 0.05) is 25.7 Å². The first kappa shape index (κ1) is 18.7. The van der Waals surface area contributed by atoms with E-state index in [9.17, 15) is 0 Å². The van der Waals surface area contributed by atoms with Crippen LogP contribution in [0.15, 0.2) is 41.6 Å². The average Bonchev–Trinajstić information content (AvgIpc) is 3.26. The van der Waals surface area contributed by atoms with Crippen LogP contribution in [0.2, 0.25) is 0 Å². The minimum atomic E-state index is 0.498. The minimum Gasteiger partial charge on any atom is -0.368 e. The first-order valence-corrected chi connectivity index (χ1v) is 10.4. The van der Waals surface area contributed by atoms with Gasteiger partial charge in [0.05, 0.1) is 17.6 Å². The molecular weight excluding hydrogens is 348 g/mol. The molecule has 1 N–H and O–H groups in total. The van der Waals surface area contributed by atoms with E-state index in [1.807, 2.05) is 31.3 Å². The first-order chi connectivity index (χ1) is 13.7. The lowest BCUT2D eigenvalue weighted by molar-refractivity contribution is 0.476. The Hall–Kier alpha value is -2.63. The van der Waals surface area contributed by atoms with E-state index in [2.05, 4.69) is 51.4 Å². The van der Waals surface area contributed by atoms with Crippen molar-refractivity contribution in [2.24, 2.45) is 5.10 Å². The third kappa shape index (κ3) is 3.68. The highest BCUT2D eigenvalue weighted by molar-refractivity contribution is 5.98. The van der Waals surface area contributed by atoms with E-state index in [1.165, 1.54) is 25.7 Å². The molecule has 4 rings (SSSR count). The molecular formula is C22H30N6. The van der Waals surface area contributed by atoms with Crippen molar-refractivity contribution in [1.29, 1.82) is 0 Å². The second kappa shape index (κ2) is 8.17. The molecule has 0 amide bonds. The summed E-state index contributed by atoms with van der Waals surface area (Å²) in [4.78, 5) is 14.3. The second-order valence-corrected chi connectivity index (χ2v) is 7.87. The van der Waals surface area contributed by atoms with Crippen molar-refractivity contribution in [3.05, 3.63) is 42.1 Å². The number of hydrazone groups is 1. The number of hydrogen-bond acceptors (Lipinski definition) is 6. The summed E-state index contributed by atoms with van der Waals surface area (Å²) in [5.74, 6) is 1.61. The van der Waals surface area contributed by atoms with Crippen LogP contribution in [-0.2, 0) is 0 Å². The topological polar surface area (TPSA) is 56.7 Å². The SMILES string of the molecule is CCC1CN(C)c2cnc(N/N=C(\C)c3ccccc3)nc2N1C1CCCC1. The van der Waals surface area contributed by atoms with Crippen molar-refractivity contribution in [3.63, 3.8) is 0 Å². The first-order valence-electron chi connectivity index (χ1n) is 10.4. The number of aromatic nitrogens is 2. The molecule has 28 heavy (non-hydrogen) atoms. The Kier molecular flexibility index (Phi) is 5.46. The molecule has 148 valence electrons. The highest BCUT2D eigenvalue weighted by Crippen LogP contribution is 2.39. The zero-order valence-electron chi connectivity index (χ0n) is 17.1. The molecule has 2 aliphatic rings. The van der Waals surface area contributed by atoms with Gasteiger partial charge < -0.3 is 9.80 Å². The summed E-state index contributed by atoms with van der Waals surface area (Å²) in [6.45, 7) is 5.30. The van der Waals surface area contributed by atoms with Crippen LogP contribution in [0.25, 0.3) is 0 Å². The van der Waals surface area contributed by atoms with E-state index in [0.29, 0.717) is 18.0 Å². The van der Waals surface area contributed by atoms with Crippen molar-refractivity contribution in [3.8, 4) is 0 Å². The van der Waals surface area contributed by atoms with Gasteiger partial charge in [0.15, 0.2) is 5.82 Å². The number of benzene rings is 1. The predicted octanol–water partition coefficient (Wildman–Crippen LogP) is 4.29. The Morgan fingerprint density at radius 2 is 1.96 bits per heavy atom. The number of rotatable bonds is 5. The Morgan fingerprint density at radius 3 is 2.68 bits per heavy atom. The van der Waals surface area contributed by atoms with Gasteiger partial charge in [-0.1, -0.05) is 50.1 Å². The fourth-order valence-corrected chi connectivity index (χ4v) is 4.41. The lowest BCUT2D eigenvalue weighted by Gasteiger charge is -2.45. The average molecular weight is 379 g/mol. The Morgan fingerprint density at radius 1 is 1.21 bits per heavy atom. The van der Waals surface area contributed by atoms with Crippen molar-refractivity contribution in [1.82, 2.24) is 9.97 Å². The number of likely N-dealkylation sites (N-methyl/N-ethyl adjacent to an activating group) is 1. The third-order valence-electron chi connectivity index (χ3n) is 5.99. The molecule has 2 aromatic rings. The molecule has 6 heteroatoms. The fraction of sp³-hybridized carbons (Fsp3) is 0.500. The number of fused-ring (bicyclic) bond motifs is 1. The van der Waals surface area contributed by atoms with Gasteiger partial charge in [-0.05, 0) is 31.7 Å². The van der Waals surface area contributed by atoms with Gasteiger partial charge in [0.1, 0.15) is 0 Å². The van der Waals surface area contributed by atoms with Gasteiger partial charge in [0.25, 0.3) is 0 Å². The number of nitrogens with zero attached hydrogens (tertiary/aromatic N) is 5. The zero-order chi connectivity index (χ0) is 19.5. The Labute approximate surface area is 167 Å². The van der Waals surface area contributed by atoms with Gasteiger partial charge in [-0.25, -0.2) is 10.4 Å². The smallest absolute Gasteiger partial charge is 0.245 e. The molecule has 1 atom stereocenters. The summed E-state index contributed by atoms with van der Waals surface area (Å²) in [5, 5.41) is 4.50. The lowest BCUT2D eigenvalue weighted by Crippen LogP contribution is -2.52. The summed E-state index contributed by atoms with van der Waals surface area (Å²) in [7, 11) is 2.14. The molecule has 6 nitrogen and oxygen atoms in total. The lowest BCUT2D eigenvalue weighted by atomic mass is 10.0. The zero-order valence-corrected chi connectivity index (χ0v) is 17.1. The van der Waals surface area contributed by atoms with E-state index in [1.54, 1.807) is 0 Å². The van der Waals surface area contributed by atoms with Crippen molar-refractivity contribution >= 4 is 23.2 Å². The molecule has 2 heterocycles. The van der Waals surface area contributed by atoms with Crippen molar-refractivity contribution in [2.45, 2.75) is 58.0 Å². The van der Waals surface area contributed by atoms with Gasteiger partial charge in [0.2, 0.25) is 5.95 Å². The molecule has 1 aromatic carbocycles. The van der Waals surface area contributed by atoms with Gasteiger partial charge >= 0.3 is 0 Å². The van der Waals surface area contributed by atoms with Crippen LogP contribution in [0, 0.1) is 0 Å². The normalized spacial score (nSPS) is 20.4. The van der Waals surface area contributed by atoms with E-state index >= 15 is 0 Å². The summed E-state index contributed by atoms with van der Waals surface area (Å²) in [6.07, 6.45) is 8.22. The standard InChI is InChI=1S/C22H30N6/c1-4-18-15-27(3)20-14-23-22(24-21(20)28(18)19-12-8-9-13-19)26-25-16(2)17-10-6-5-7-11-17/h5-7,10-11,14,18-19H,4,8-9,12-13,15H2,1-3H3,(H,23,24,26)/b25-16+. The second-order valence-electron chi connectivity index (χ2n) is 7.87. The number of anilines is 3. The van der Waals surface area contributed by atoms with Gasteiger partial charge in [-0.15, -0.1) is 0 Å². The van der Waals surface area contributed by atoms with Crippen LogP contribution in [0.3, 0.4) is 0 Å². The highest BCUT2D eigenvalue weighted by atomic mass is 15.4. The summed E-state index contributed by atoms with van der Waals surface area (Å²) < 4.78 is 0. The Bertz CT molecular complexity index is 828. The Balaban J connectivity index is 1.62. The molecule has 0 spiro atoms. The summed E-state index contributed by atoms with van der Waals surface area (Å²) in [5.41, 5.74) is 6.19. The van der Waals surface area contributed by atoms with Crippen molar-refractivity contribution in [2.75, 3.05) is 28.8 Å². The molecule has 0 saturated heterocycles. The monoisotopic (exact) mass is 378 g/mol. The highest BCUT2D eigenvalue weighted by Gasteiger charge is 2.35. The molecule has 1 unspecified atom stereocenters. The maximum absolute atomic E-state index is 4.91. The molecule has 1 aliphatic carbocycles. The van der Waals surface area contributed by atoms with Crippen LogP contribution in [-0.4, -0.2) is 41.4 Å². The van der Waals surface area contributed by atoms with Crippen LogP contribution in [0.4, 0.5) is 17.5 Å². The summed E-state index contributed by atoms with van der Waals surface area (Å²) in [6, 6.07) is 11.2. The number of hydrogen-bond donors (Lipinski definition) is 1. The largest absolute Gasteiger partial charge is 0.368 e. The molecule has 1 saturated carbocycles. The maximum Gasteiger partial charge on any atom is 0.245 e. The maximum atomic E-state index is 4.91. The molecule has 0 bridgehead atoms. The predicted molar refractivity (Wildman–Crippen MR) is 116 cm³/mol. The molecule has 1 aromatic heterocycles. The summed E-state index contributed by atoms with van der Waals surface area (Å²) >= 11 is 0. The van der Waals surface area contributed by atoms with Gasteiger partial charge in [-0.2, -0.15) is 10.1 Å². The molecule has 1 aliphatic heterocycles.